The van der Waals surface area contributed by atoms with E-state index in [0.717, 1.165) is 32.7 Å². The van der Waals surface area contributed by atoms with Crippen LogP contribution in [0, 0.1) is 67.1 Å². The number of nitrogens with zero attached hydrogens (tertiary/aromatic N) is 6. The molecular weight excluding hydrogens is 1690 g/mol. The number of phenolic OH excluding ortho intramolecular Hbond substituents is 4. The molecule has 14 rings (SSSR count). The molecule has 1 aliphatic carbocycles. The number of ketones is 1. The molecule has 18 atom stereocenters. The predicted molar refractivity (Wildman–Crippen MR) is 495 cm³/mol. The minimum Gasteiger partial charge on any atom is -0.507 e. The number of ether oxygens (including phenoxy) is 8. The Bertz CT molecular complexity index is 5780. The maximum atomic E-state index is 14.9. The molecule has 5 aromatic carbocycles. The van der Waals surface area contributed by atoms with Crippen LogP contribution in [0.5, 0.6) is 34.5 Å². The number of hydrogen-bond acceptors (Lipinski definition) is 31. The fourth-order valence-electron chi connectivity index (χ4n) is 19.2. The van der Waals surface area contributed by atoms with Crippen LogP contribution < -0.4 is 41.1 Å². The lowest BCUT2D eigenvalue weighted by molar-refractivity contribution is -0.161. The van der Waals surface area contributed by atoms with Crippen molar-refractivity contribution in [1.82, 2.24) is 19.8 Å². The summed E-state index contributed by atoms with van der Waals surface area (Å²) in [6.45, 7) is 36.2. The largest absolute Gasteiger partial charge is 0.507 e. The first-order chi connectivity index (χ1) is 61.9. The number of nitrogens with one attached hydrogen (secondary N) is 2. The molecule has 9 bridgehead atoms. The molecular formula is C98H128N8O25. The second-order valence-corrected chi connectivity index (χ2v) is 37.0. The van der Waals surface area contributed by atoms with Crippen LogP contribution in [0.4, 0.5) is 17.1 Å². The zero-order valence-corrected chi connectivity index (χ0v) is 78.3. The van der Waals surface area contributed by atoms with Crippen LogP contribution in [-0.4, -0.2) is 241 Å². The van der Waals surface area contributed by atoms with Crippen LogP contribution in [-0.2, 0) is 47.6 Å². The van der Waals surface area contributed by atoms with Gasteiger partial charge in [-0.25, -0.2) is 4.98 Å². The minimum absolute atomic E-state index is 0.0390. The van der Waals surface area contributed by atoms with Crippen LogP contribution in [0.15, 0.2) is 104 Å². The summed E-state index contributed by atoms with van der Waals surface area (Å²) in [5.74, 6) is -14.7. The lowest BCUT2D eigenvalue weighted by Gasteiger charge is -2.38. The van der Waals surface area contributed by atoms with Crippen LogP contribution in [0.25, 0.3) is 49.5 Å². The number of benzene rings is 5. The second-order valence-electron chi connectivity index (χ2n) is 37.0. The summed E-state index contributed by atoms with van der Waals surface area (Å²) in [6, 6.07) is 3.71. The quantitative estimate of drug-likeness (QED) is 0.0152. The van der Waals surface area contributed by atoms with E-state index < -0.39 is 177 Å². The van der Waals surface area contributed by atoms with Gasteiger partial charge in [-0.1, -0.05) is 119 Å². The molecule has 3 fully saturated rings. The van der Waals surface area contributed by atoms with E-state index in [1.807, 2.05) is 5.01 Å². The van der Waals surface area contributed by atoms with Crippen LogP contribution >= 0.6 is 0 Å². The van der Waals surface area contributed by atoms with Gasteiger partial charge in [0.05, 0.1) is 88.2 Å². The second kappa shape index (κ2) is 40.5. The van der Waals surface area contributed by atoms with E-state index in [4.69, 9.17) is 47.3 Å². The molecule has 11 N–H and O–H groups in total. The number of esters is 2. The highest BCUT2D eigenvalue weighted by Gasteiger charge is 2.51. The number of fused-ring (bicyclic) bond motifs is 16. The number of aliphatic hydroxyl groups excluding tert-OH is 5. The number of rotatable bonds is 10. The number of phenols is 4. The van der Waals surface area contributed by atoms with Crippen molar-refractivity contribution in [1.29, 1.82) is 0 Å². The van der Waals surface area contributed by atoms with E-state index in [-0.39, 0.29) is 105 Å². The maximum absolute atomic E-state index is 14.9. The summed E-state index contributed by atoms with van der Waals surface area (Å²) < 4.78 is 54.3. The van der Waals surface area contributed by atoms with E-state index in [1.54, 1.807) is 85.8 Å². The van der Waals surface area contributed by atoms with E-state index in [1.165, 1.54) is 144 Å². The van der Waals surface area contributed by atoms with E-state index in [9.17, 15) is 79.5 Å². The van der Waals surface area contributed by atoms with Crippen molar-refractivity contribution in [2.45, 2.75) is 217 Å². The third-order valence-corrected chi connectivity index (χ3v) is 27.3. The Balaban J connectivity index is 0.000000238. The van der Waals surface area contributed by atoms with Gasteiger partial charge >= 0.3 is 23.5 Å². The van der Waals surface area contributed by atoms with Crippen molar-refractivity contribution in [3.8, 4) is 34.5 Å². The summed E-state index contributed by atoms with van der Waals surface area (Å²) in [6.07, 6.45) is 13.3. The molecule has 8 aliphatic rings. The molecule has 710 valence electrons. The number of piperazine rings is 2. The highest BCUT2D eigenvalue weighted by Crippen LogP contribution is 2.56. The van der Waals surface area contributed by atoms with Gasteiger partial charge in [-0.05, 0) is 58.6 Å². The third kappa shape index (κ3) is 20.0. The molecule has 6 aromatic rings. The Labute approximate surface area is 761 Å². The molecule has 7 aliphatic heterocycles. The first-order valence-corrected chi connectivity index (χ1v) is 45.1. The average Bonchev–Trinajstić information content (AvgIpc) is 1.64. The van der Waals surface area contributed by atoms with Crippen molar-refractivity contribution in [3.05, 3.63) is 132 Å². The number of carbonyl (C=O) groups is 5. The van der Waals surface area contributed by atoms with Gasteiger partial charge in [0.2, 0.25) is 10.9 Å². The molecule has 8 heterocycles. The van der Waals surface area contributed by atoms with Crippen LogP contribution in [0.1, 0.15) is 164 Å². The smallest absolute Gasteiger partial charge is 0.312 e. The van der Waals surface area contributed by atoms with E-state index in [0.29, 0.717) is 43.8 Å². The van der Waals surface area contributed by atoms with Crippen molar-refractivity contribution >= 4 is 102 Å². The summed E-state index contributed by atoms with van der Waals surface area (Å²) in [4.78, 5) is 108. The highest BCUT2D eigenvalue weighted by molar-refractivity contribution is 6.24. The lowest BCUT2D eigenvalue weighted by Crippen LogP contribution is -2.47. The number of aliphatic hydroxyl groups is 5. The molecule has 2 amide bonds. The molecule has 1 aromatic heterocycles. The molecule has 33 nitrogen and oxygen atoms in total. The monoisotopic (exact) mass is 1820 g/mol. The Hall–Kier alpha value is -11.2. The van der Waals surface area contributed by atoms with Gasteiger partial charge in [0.15, 0.2) is 28.2 Å². The molecule has 0 radical (unpaired) electrons. The number of methoxy groups -OCH3 is 2. The van der Waals surface area contributed by atoms with Crippen molar-refractivity contribution in [2.75, 3.05) is 88.7 Å². The Morgan fingerprint density at radius 1 is 0.588 bits per heavy atom. The Morgan fingerprint density at radius 3 is 1.61 bits per heavy atom. The average molecular weight is 1820 g/mol. The summed E-state index contributed by atoms with van der Waals surface area (Å²) in [5.41, 5.74) is -1.64. The standard InChI is InChI=1S/C51H64N4O13.C47H64N4O12/c1-24(2)23-54-16-18-55(19-17-54)32-21-33(57)39-35(22-32)67-48-40(52-39)36-37-44(60)30(8)47-38(36)49(62)51(10,68-47)65-20-15-34(64-11)27(5)46(66-31(9)56)29(7)43(59)28(6)42(58)25(3)13-12-14-26(4)50(63)53-41(48)45(37)61;1-24-13-12-14-25(2)46(59)49-37-32(23-48-51-20-18-50(19-21-51)31-15-10-11-16-31)41(56)34-35(42(37)57)40(55)29(6)44-36(34)45(58)47(8,63-44)61-22-17-33(60-9)26(3)43(62-30(7)52)28(5)39(54)27(4)38(24)53/h12-15,20-22,24-25,27-29,34,42-43,46,58-60,62H,16-19,23H2,1-11H3,(H,53,63);12-14,17,22-24,26-28,31,33,38-39,43,53-57H,10-11,15-16,18-21H2,1-9H3,(H,49,59)/b13-12+,20-15+,26-14-;13-12+,22-17+,25-14-,48-23+/t25-,27+,28+,29+,34-,42-,43+,46+,51-;24-,26+,27+,28+,33-,38-,39+,43+,47-/m00/s1. The zero-order valence-electron chi connectivity index (χ0n) is 78.3. The SMILES string of the molecule is CO[C@H]1/C=C/O[C@@]2(C)Oc3c(C)c(O)c4c(=O)c(c5oc6cc(N7CCN(CC(C)C)CC7)cc(=O)c6nc5c4c3=C2O)NC(=O)/C(C)=C\C=C\[C@H](C)[C@H](O)[C@@H](C)[C@@H](O)[C@@H](C)[C@H](OC(C)=O)[C@@H]1C.CO[C@H]1/C=C/O[C@@]2(C)Oc3c(C)c(O)c4c(O)c(c(/C=N/N5CCN(C6CCCC6)CC5)c(O)c4c3C2=O)NC(=O)/C(C)=C\C=C\[C@H](C)[C@H](O)[C@@H](C)[C@@H](O)[C@@H](C)[C@H](OC(C)=O)[C@@H]1C. The number of carbonyl (C=O) groups excluding carboxylic acids is 5. The van der Waals surface area contributed by atoms with E-state index in [2.05, 4.69) is 44.3 Å². The summed E-state index contributed by atoms with van der Waals surface area (Å²) in [7, 11) is 2.89. The molecule has 2 saturated heterocycles. The van der Waals surface area contributed by atoms with Crippen molar-refractivity contribution in [3.63, 3.8) is 0 Å². The fourth-order valence-corrected chi connectivity index (χ4v) is 19.2. The zero-order chi connectivity index (χ0) is 95.8. The Morgan fingerprint density at radius 2 is 1.09 bits per heavy atom. The molecule has 1 saturated carbocycles. The number of amides is 2. The van der Waals surface area contributed by atoms with Gasteiger partial charge in [0.1, 0.15) is 52.2 Å². The number of hydrazone groups is 1. The van der Waals surface area contributed by atoms with Crippen LogP contribution in [0.2, 0.25) is 0 Å². The van der Waals surface area contributed by atoms with Gasteiger partial charge in [0.25, 0.3) is 17.6 Å². The predicted octanol–water partition coefficient (Wildman–Crippen LogP) is 11.0. The van der Waals surface area contributed by atoms with Crippen molar-refractivity contribution < 1.29 is 112 Å². The highest BCUT2D eigenvalue weighted by atomic mass is 16.7. The first-order valence-electron chi connectivity index (χ1n) is 45.1. The molecule has 0 unspecified atom stereocenters. The third-order valence-electron chi connectivity index (χ3n) is 27.3. The van der Waals surface area contributed by atoms with Crippen molar-refractivity contribution in [2.24, 2.45) is 58.4 Å². The molecule has 131 heavy (non-hydrogen) atoms. The first kappa shape index (κ1) is 98.9. The lowest BCUT2D eigenvalue weighted by atomic mass is 9.78. The number of aromatic nitrogens is 1. The number of hydrogen-bond donors (Lipinski definition) is 11. The van der Waals surface area contributed by atoms with Gasteiger partial charge in [-0.2, -0.15) is 5.10 Å². The Kier molecular flexibility index (Phi) is 30.6. The number of Topliss-reactive ketones (excluding diaryl/α,β-unsaturated/α-hetero) is 1. The van der Waals surface area contributed by atoms with Crippen LogP contribution in [0.3, 0.4) is 0 Å². The normalized spacial score (nSPS) is 30.9. The maximum Gasteiger partial charge on any atom is 0.312 e. The minimum atomic E-state index is -2.04. The van der Waals surface area contributed by atoms with Gasteiger partial charge in [0, 0.05) is 205 Å². The van der Waals surface area contributed by atoms with Gasteiger partial charge in [-0.15, -0.1) is 0 Å². The number of aromatic hydroxyl groups is 4. The number of anilines is 3. The van der Waals surface area contributed by atoms with Gasteiger partial charge in [-0.3, -0.25) is 48.4 Å². The fraction of sp³-hybridized carbons (Fsp3) is 0.541. The molecule has 33 heteroatoms. The summed E-state index contributed by atoms with van der Waals surface area (Å²) in [5, 5.41) is 117. The topological polar surface area (TPSA) is 451 Å². The van der Waals surface area contributed by atoms with E-state index >= 15 is 0 Å². The number of allylic oxidation sites excluding steroid dienone is 4. The van der Waals surface area contributed by atoms with Gasteiger partial charge < -0.3 is 104 Å². The summed E-state index contributed by atoms with van der Waals surface area (Å²) >= 11 is 0. The molecule has 0 spiro atoms.